The van der Waals surface area contributed by atoms with Gasteiger partial charge in [-0.15, -0.1) is 0 Å². The smallest absolute Gasteiger partial charge is 0.301 e. The van der Waals surface area contributed by atoms with Crippen molar-refractivity contribution in [1.29, 1.82) is 0 Å². The molecule has 0 aromatic carbocycles. The van der Waals surface area contributed by atoms with Gasteiger partial charge in [0.05, 0.1) is 4.99 Å². The second kappa shape index (κ2) is 4.26. The first-order chi connectivity index (χ1) is 6.92. The number of rotatable bonds is 3. The molecule has 1 atom stereocenters. The molecule has 1 aliphatic rings. The Morgan fingerprint density at radius 2 is 1.93 bits per heavy atom. The summed E-state index contributed by atoms with van der Waals surface area (Å²) in [6, 6.07) is -0.516. The first-order valence-corrected chi connectivity index (χ1v) is 5.50. The third kappa shape index (κ3) is 2.17. The Morgan fingerprint density at radius 1 is 1.33 bits per heavy atom. The molecule has 0 aliphatic carbocycles. The molecule has 4 nitrogen and oxygen atoms in total. The molecule has 0 unspecified atom stereocenters. The second-order valence-electron chi connectivity index (χ2n) is 4.27. The minimum Gasteiger partial charge on any atom is -0.301 e. The Bertz CT molecular complexity index is 293. The van der Waals surface area contributed by atoms with Crippen molar-refractivity contribution in [2.45, 2.75) is 33.6 Å². The van der Waals surface area contributed by atoms with Crippen LogP contribution in [0.5, 0.6) is 0 Å². The number of carbonyl (C=O) groups excluding carboxylic acids is 2. The first kappa shape index (κ1) is 12.1. The molecule has 0 spiro atoms. The van der Waals surface area contributed by atoms with Crippen molar-refractivity contribution in [3.8, 4) is 0 Å². The van der Waals surface area contributed by atoms with Gasteiger partial charge in [-0.2, -0.15) is 0 Å². The lowest BCUT2D eigenvalue weighted by Crippen LogP contribution is -2.61. The molecule has 15 heavy (non-hydrogen) atoms. The molecule has 1 rings (SSSR count). The molecule has 0 bridgehead atoms. The van der Waals surface area contributed by atoms with Gasteiger partial charge in [-0.1, -0.05) is 33.0 Å². The Labute approximate surface area is 94.8 Å². The zero-order valence-corrected chi connectivity index (χ0v) is 10.0. The quantitative estimate of drug-likeness (QED) is 0.721. The van der Waals surface area contributed by atoms with Crippen LogP contribution in [0.15, 0.2) is 0 Å². The van der Waals surface area contributed by atoms with Gasteiger partial charge in [-0.3, -0.25) is 10.1 Å². The summed E-state index contributed by atoms with van der Waals surface area (Å²) in [6.45, 7) is 5.97. The molecule has 5 heteroatoms. The number of urea groups is 1. The fraction of sp³-hybridized carbons (Fsp3) is 0.700. The lowest BCUT2D eigenvalue weighted by Gasteiger charge is -2.36. The molecule has 0 aromatic rings. The maximum absolute atomic E-state index is 11.8. The van der Waals surface area contributed by atoms with E-state index in [4.69, 9.17) is 12.2 Å². The number of amides is 3. The highest BCUT2D eigenvalue weighted by atomic mass is 32.1. The van der Waals surface area contributed by atoms with Gasteiger partial charge < -0.3 is 5.32 Å². The number of hydrogen-bond donors (Lipinski definition) is 2. The van der Waals surface area contributed by atoms with Crippen molar-refractivity contribution in [2.75, 3.05) is 0 Å². The summed E-state index contributed by atoms with van der Waals surface area (Å²) in [5.74, 6) is 0.0797. The maximum atomic E-state index is 11.8. The van der Waals surface area contributed by atoms with E-state index >= 15 is 0 Å². The van der Waals surface area contributed by atoms with E-state index in [1.165, 1.54) is 0 Å². The fourth-order valence-corrected chi connectivity index (χ4v) is 2.34. The van der Waals surface area contributed by atoms with Crippen LogP contribution in [0.1, 0.15) is 33.6 Å². The average Bonchev–Trinajstić information content (AvgIpc) is 2.11. The van der Waals surface area contributed by atoms with Crippen molar-refractivity contribution < 1.29 is 9.59 Å². The third-order valence-electron chi connectivity index (χ3n) is 2.68. The second-order valence-corrected chi connectivity index (χ2v) is 4.68. The SMILES string of the molecule is CC[C@@]1(CC(C)C)C(=O)NC(=O)NC1=S. The van der Waals surface area contributed by atoms with Crippen LogP contribution in [0.2, 0.25) is 0 Å². The van der Waals surface area contributed by atoms with Crippen molar-refractivity contribution in [2.24, 2.45) is 11.3 Å². The topological polar surface area (TPSA) is 58.2 Å². The number of carbonyl (C=O) groups is 2. The molecule has 3 amide bonds. The minimum atomic E-state index is -0.711. The van der Waals surface area contributed by atoms with E-state index in [2.05, 4.69) is 10.6 Å². The predicted molar refractivity (Wildman–Crippen MR) is 61.5 cm³/mol. The summed E-state index contributed by atoms with van der Waals surface area (Å²) in [5, 5.41) is 4.80. The van der Waals surface area contributed by atoms with Crippen LogP contribution in [0.3, 0.4) is 0 Å². The predicted octanol–water partition coefficient (Wildman–Crippen LogP) is 1.60. The van der Waals surface area contributed by atoms with E-state index in [9.17, 15) is 9.59 Å². The van der Waals surface area contributed by atoms with Gasteiger partial charge in [0.15, 0.2) is 0 Å². The Morgan fingerprint density at radius 3 is 2.33 bits per heavy atom. The van der Waals surface area contributed by atoms with Gasteiger partial charge in [0.2, 0.25) is 5.91 Å². The Hall–Kier alpha value is -0.970. The molecule has 1 fully saturated rings. The molecule has 1 saturated heterocycles. The average molecular weight is 228 g/mol. The molecule has 2 N–H and O–H groups in total. The van der Waals surface area contributed by atoms with Crippen LogP contribution in [0.25, 0.3) is 0 Å². The maximum Gasteiger partial charge on any atom is 0.326 e. The van der Waals surface area contributed by atoms with Crippen molar-refractivity contribution >= 4 is 29.1 Å². The summed E-state index contributed by atoms with van der Waals surface area (Å²) >= 11 is 5.12. The highest BCUT2D eigenvalue weighted by molar-refractivity contribution is 7.80. The van der Waals surface area contributed by atoms with Crippen molar-refractivity contribution in [1.82, 2.24) is 10.6 Å². The van der Waals surface area contributed by atoms with Crippen LogP contribution < -0.4 is 10.6 Å². The monoisotopic (exact) mass is 228 g/mol. The number of nitrogens with one attached hydrogen (secondary N) is 2. The van der Waals surface area contributed by atoms with Gasteiger partial charge in [0.25, 0.3) is 0 Å². The van der Waals surface area contributed by atoms with Crippen LogP contribution in [0.4, 0.5) is 4.79 Å². The molecule has 84 valence electrons. The molecular formula is C10H16N2O2S. The summed E-state index contributed by atoms with van der Waals surface area (Å²) in [6.07, 6.45) is 1.27. The Kier molecular flexibility index (Phi) is 3.44. The van der Waals surface area contributed by atoms with E-state index < -0.39 is 11.4 Å². The van der Waals surface area contributed by atoms with Crippen molar-refractivity contribution in [3.63, 3.8) is 0 Å². The summed E-state index contributed by atoms with van der Waals surface area (Å²) in [4.78, 5) is 23.2. The molecule has 1 heterocycles. The highest BCUT2D eigenvalue weighted by Crippen LogP contribution is 2.33. The van der Waals surface area contributed by atoms with E-state index in [1.54, 1.807) is 0 Å². The van der Waals surface area contributed by atoms with Gasteiger partial charge in [-0.05, 0) is 18.8 Å². The Balaban J connectivity index is 3.00. The minimum absolute atomic E-state index is 0.271. The van der Waals surface area contributed by atoms with E-state index in [-0.39, 0.29) is 5.91 Å². The van der Waals surface area contributed by atoms with Gasteiger partial charge in [0, 0.05) is 0 Å². The molecule has 1 aliphatic heterocycles. The highest BCUT2D eigenvalue weighted by Gasteiger charge is 2.45. The fourth-order valence-electron chi connectivity index (χ4n) is 1.93. The number of thiocarbonyl (C=S) groups is 1. The third-order valence-corrected chi connectivity index (χ3v) is 3.18. The summed E-state index contributed by atoms with van der Waals surface area (Å²) < 4.78 is 0. The van der Waals surface area contributed by atoms with Crippen LogP contribution >= 0.6 is 12.2 Å². The normalized spacial score (nSPS) is 26.5. The molecule has 0 aromatic heterocycles. The van der Waals surface area contributed by atoms with Gasteiger partial charge in [0.1, 0.15) is 5.41 Å². The zero-order valence-electron chi connectivity index (χ0n) is 9.22. The molecular weight excluding hydrogens is 212 g/mol. The largest absolute Gasteiger partial charge is 0.326 e. The number of imide groups is 1. The van der Waals surface area contributed by atoms with E-state index in [0.717, 1.165) is 0 Å². The lowest BCUT2D eigenvalue weighted by molar-refractivity contribution is -0.127. The van der Waals surface area contributed by atoms with Crippen molar-refractivity contribution in [3.05, 3.63) is 0 Å². The van der Waals surface area contributed by atoms with Crippen LogP contribution in [0, 0.1) is 11.3 Å². The molecule has 0 radical (unpaired) electrons. The number of hydrogen-bond acceptors (Lipinski definition) is 3. The van der Waals surface area contributed by atoms with Gasteiger partial charge in [-0.25, -0.2) is 4.79 Å². The van der Waals surface area contributed by atoms with Gasteiger partial charge >= 0.3 is 6.03 Å². The lowest BCUT2D eigenvalue weighted by atomic mass is 9.76. The summed E-state index contributed by atoms with van der Waals surface area (Å²) in [7, 11) is 0. The zero-order chi connectivity index (χ0) is 11.6. The van der Waals surface area contributed by atoms with E-state index in [1.807, 2.05) is 20.8 Å². The van der Waals surface area contributed by atoms with E-state index in [0.29, 0.717) is 23.7 Å². The summed E-state index contributed by atoms with van der Waals surface area (Å²) in [5.41, 5.74) is -0.711. The first-order valence-electron chi connectivity index (χ1n) is 5.09. The molecule has 0 saturated carbocycles. The standard InChI is InChI=1S/C10H16N2O2S/c1-4-10(5-6(2)3)7(13)11-9(14)12-8(10)15/h6H,4-5H2,1-3H3,(H2,11,12,13,14,15)/t10-/m1/s1. The van der Waals surface area contributed by atoms with Crippen LogP contribution in [-0.4, -0.2) is 16.9 Å². The van der Waals surface area contributed by atoms with Crippen LogP contribution in [-0.2, 0) is 4.79 Å².